The van der Waals surface area contributed by atoms with Gasteiger partial charge in [0, 0.05) is 13.3 Å². The average molecular weight is 152 g/mol. The lowest BCUT2D eigenvalue weighted by Crippen LogP contribution is -2.09. The highest BCUT2D eigenvalue weighted by atomic mass is 35.5. The maximum atomic E-state index is 10.00. The first-order valence-electron chi connectivity index (χ1n) is 2.33. The minimum absolute atomic E-state index is 0. The molecule has 0 bridgehead atoms. The van der Waals surface area contributed by atoms with E-state index in [4.69, 9.17) is 5.11 Å². The highest BCUT2D eigenvalue weighted by molar-refractivity contribution is 5.87. The summed E-state index contributed by atoms with van der Waals surface area (Å²) >= 11 is 0. The number of carboxylic acids is 1. The average Bonchev–Trinajstić information content (AvgIpc) is 1.67. The SMILES string of the molecule is C/N=C\C(C)C(=O)O.Cl. The highest BCUT2D eigenvalue weighted by Crippen LogP contribution is 1.87. The summed E-state index contributed by atoms with van der Waals surface area (Å²) in [4.78, 5) is 13.5. The second-order valence-electron chi connectivity index (χ2n) is 1.53. The molecule has 0 aromatic heterocycles. The van der Waals surface area contributed by atoms with E-state index in [1.54, 1.807) is 14.0 Å². The van der Waals surface area contributed by atoms with E-state index in [-0.39, 0.29) is 12.4 Å². The Morgan fingerprint density at radius 2 is 2.22 bits per heavy atom. The fraction of sp³-hybridized carbons (Fsp3) is 0.600. The van der Waals surface area contributed by atoms with E-state index >= 15 is 0 Å². The van der Waals surface area contributed by atoms with Crippen LogP contribution in [-0.2, 0) is 4.79 Å². The molecule has 0 aromatic rings. The number of rotatable bonds is 2. The molecular formula is C5H10ClNO2. The Morgan fingerprint density at radius 3 is 2.33 bits per heavy atom. The van der Waals surface area contributed by atoms with Crippen molar-refractivity contribution < 1.29 is 9.90 Å². The molecule has 0 amide bonds. The standard InChI is InChI=1S/C5H9NO2.ClH/c1-4(3-6-2)5(7)8;/h3-4H,1-2H3,(H,7,8);1H/b6-3-;. The van der Waals surface area contributed by atoms with Gasteiger partial charge in [0.1, 0.15) is 0 Å². The number of nitrogens with zero attached hydrogens (tertiary/aromatic N) is 1. The fourth-order valence-electron chi connectivity index (χ4n) is 0.287. The second kappa shape index (κ2) is 5.56. The molecule has 9 heavy (non-hydrogen) atoms. The molecule has 0 aliphatic heterocycles. The predicted octanol–water partition coefficient (Wildman–Crippen LogP) is 0.829. The lowest BCUT2D eigenvalue weighted by Gasteiger charge is -1.92. The second-order valence-corrected chi connectivity index (χ2v) is 1.53. The molecule has 0 aliphatic carbocycles. The van der Waals surface area contributed by atoms with Crippen LogP contribution in [0, 0.1) is 5.92 Å². The van der Waals surface area contributed by atoms with Crippen LogP contribution < -0.4 is 0 Å². The summed E-state index contributed by atoms with van der Waals surface area (Å²) < 4.78 is 0. The number of hydrogen-bond donors (Lipinski definition) is 1. The Labute approximate surface area is 60.2 Å². The van der Waals surface area contributed by atoms with Crippen molar-refractivity contribution in [3.63, 3.8) is 0 Å². The molecule has 0 aromatic carbocycles. The molecule has 0 heterocycles. The molecule has 0 aliphatic rings. The van der Waals surface area contributed by atoms with Gasteiger partial charge in [-0.2, -0.15) is 0 Å². The van der Waals surface area contributed by atoms with Crippen molar-refractivity contribution in [2.45, 2.75) is 6.92 Å². The number of aliphatic carboxylic acids is 1. The monoisotopic (exact) mass is 151 g/mol. The number of carbonyl (C=O) groups is 1. The van der Waals surface area contributed by atoms with E-state index in [0.29, 0.717) is 0 Å². The quantitative estimate of drug-likeness (QED) is 0.595. The molecule has 0 saturated heterocycles. The first kappa shape index (κ1) is 11.3. The van der Waals surface area contributed by atoms with Gasteiger partial charge in [0.2, 0.25) is 0 Å². The van der Waals surface area contributed by atoms with Crippen molar-refractivity contribution in [3.8, 4) is 0 Å². The zero-order chi connectivity index (χ0) is 6.57. The van der Waals surface area contributed by atoms with Crippen molar-refractivity contribution in [2.75, 3.05) is 7.05 Å². The molecule has 4 heteroatoms. The van der Waals surface area contributed by atoms with Gasteiger partial charge in [-0.25, -0.2) is 0 Å². The Morgan fingerprint density at radius 1 is 1.78 bits per heavy atom. The van der Waals surface area contributed by atoms with Crippen molar-refractivity contribution in [2.24, 2.45) is 10.9 Å². The zero-order valence-electron chi connectivity index (χ0n) is 5.37. The Balaban J connectivity index is 0. The van der Waals surface area contributed by atoms with Crippen molar-refractivity contribution in [1.29, 1.82) is 0 Å². The van der Waals surface area contributed by atoms with E-state index in [9.17, 15) is 4.79 Å². The first-order chi connectivity index (χ1) is 3.68. The van der Waals surface area contributed by atoms with Gasteiger partial charge in [-0.05, 0) is 6.92 Å². The largest absolute Gasteiger partial charge is 0.481 e. The van der Waals surface area contributed by atoms with Crippen LogP contribution in [0.5, 0.6) is 0 Å². The van der Waals surface area contributed by atoms with Gasteiger partial charge >= 0.3 is 5.97 Å². The molecule has 3 nitrogen and oxygen atoms in total. The van der Waals surface area contributed by atoms with Gasteiger partial charge in [-0.1, -0.05) is 0 Å². The smallest absolute Gasteiger partial charge is 0.311 e. The normalized spacial score (nSPS) is 12.7. The third-order valence-corrected chi connectivity index (χ3v) is 0.762. The van der Waals surface area contributed by atoms with Crippen LogP contribution in [-0.4, -0.2) is 24.3 Å². The predicted molar refractivity (Wildman–Crippen MR) is 38.5 cm³/mol. The van der Waals surface area contributed by atoms with Crippen LogP contribution >= 0.6 is 12.4 Å². The van der Waals surface area contributed by atoms with E-state index < -0.39 is 11.9 Å². The minimum Gasteiger partial charge on any atom is -0.481 e. The molecule has 0 rings (SSSR count). The summed E-state index contributed by atoms with van der Waals surface area (Å²) in [5.74, 6) is -1.30. The lowest BCUT2D eigenvalue weighted by molar-refractivity contribution is -0.138. The molecule has 1 atom stereocenters. The Hall–Kier alpha value is -0.570. The minimum atomic E-state index is -0.837. The van der Waals surface area contributed by atoms with Gasteiger partial charge in [0.25, 0.3) is 0 Å². The molecule has 0 fully saturated rings. The maximum Gasteiger partial charge on any atom is 0.311 e. The molecule has 1 N–H and O–H groups in total. The molecule has 1 unspecified atom stereocenters. The maximum absolute atomic E-state index is 10.00. The van der Waals surface area contributed by atoms with E-state index in [1.807, 2.05) is 0 Å². The van der Waals surface area contributed by atoms with Gasteiger partial charge in [0.15, 0.2) is 0 Å². The van der Waals surface area contributed by atoms with E-state index in [2.05, 4.69) is 4.99 Å². The van der Waals surface area contributed by atoms with Crippen LogP contribution in [0.3, 0.4) is 0 Å². The first-order valence-corrected chi connectivity index (χ1v) is 2.33. The van der Waals surface area contributed by atoms with Crippen LogP contribution in [0.1, 0.15) is 6.92 Å². The number of carboxylic acid groups (broad SMARTS) is 1. The summed E-state index contributed by atoms with van der Waals surface area (Å²) in [5.41, 5.74) is 0. The van der Waals surface area contributed by atoms with E-state index in [0.717, 1.165) is 0 Å². The molecule has 0 radical (unpaired) electrons. The van der Waals surface area contributed by atoms with Crippen LogP contribution in [0.25, 0.3) is 0 Å². The van der Waals surface area contributed by atoms with Gasteiger partial charge < -0.3 is 5.11 Å². The third-order valence-electron chi connectivity index (χ3n) is 0.762. The van der Waals surface area contributed by atoms with Crippen molar-refractivity contribution in [1.82, 2.24) is 0 Å². The van der Waals surface area contributed by atoms with Crippen molar-refractivity contribution >= 4 is 24.6 Å². The fourth-order valence-corrected chi connectivity index (χ4v) is 0.287. The molecular weight excluding hydrogens is 142 g/mol. The van der Waals surface area contributed by atoms with Crippen molar-refractivity contribution in [3.05, 3.63) is 0 Å². The van der Waals surface area contributed by atoms with E-state index in [1.165, 1.54) is 6.21 Å². The molecule has 54 valence electrons. The zero-order valence-corrected chi connectivity index (χ0v) is 6.18. The third kappa shape index (κ3) is 5.30. The van der Waals surface area contributed by atoms with Gasteiger partial charge in [-0.15, -0.1) is 12.4 Å². The summed E-state index contributed by atoms with van der Waals surface area (Å²) in [7, 11) is 1.56. The van der Waals surface area contributed by atoms with Gasteiger partial charge in [0.05, 0.1) is 5.92 Å². The Bertz CT molecular complexity index is 114. The number of hydrogen-bond acceptors (Lipinski definition) is 2. The number of halogens is 1. The highest BCUT2D eigenvalue weighted by Gasteiger charge is 2.04. The van der Waals surface area contributed by atoms with Gasteiger partial charge in [-0.3, -0.25) is 9.79 Å². The summed E-state index contributed by atoms with van der Waals surface area (Å²) in [6, 6.07) is 0. The summed E-state index contributed by atoms with van der Waals surface area (Å²) in [6.07, 6.45) is 1.39. The van der Waals surface area contributed by atoms with Crippen LogP contribution in [0.15, 0.2) is 4.99 Å². The lowest BCUT2D eigenvalue weighted by atomic mass is 10.2. The van der Waals surface area contributed by atoms with Crippen LogP contribution in [0.2, 0.25) is 0 Å². The topological polar surface area (TPSA) is 49.7 Å². The summed E-state index contributed by atoms with van der Waals surface area (Å²) in [6.45, 7) is 1.58. The van der Waals surface area contributed by atoms with Crippen LogP contribution in [0.4, 0.5) is 0 Å². The number of aliphatic imine (C=N–C) groups is 1. The molecule has 0 spiro atoms. The Kier molecular flexibility index (Phi) is 6.96. The summed E-state index contributed by atoms with van der Waals surface area (Å²) in [5, 5.41) is 8.22. The molecule has 0 saturated carbocycles.